The molecule has 0 bridgehead atoms. The molecule has 1 amide bonds. The topological polar surface area (TPSA) is 111 Å². The Balaban J connectivity index is 1.82. The smallest absolute Gasteiger partial charge is 0.259 e. The molecule has 152 valence electrons. The van der Waals surface area contributed by atoms with Gasteiger partial charge < -0.3 is 4.90 Å². The zero-order valence-electron chi connectivity index (χ0n) is 16.6. The molecule has 1 unspecified atom stereocenters. The maximum Gasteiger partial charge on any atom is 0.259 e. The maximum atomic E-state index is 13.5. The van der Waals surface area contributed by atoms with E-state index in [-0.39, 0.29) is 16.8 Å². The Kier molecular flexibility index (Phi) is 4.66. The summed E-state index contributed by atoms with van der Waals surface area (Å²) < 4.78 is 25.3. The van der Waals surface area contributed by atoms with Crippen molar-refractivity contribution in [3.05, 3.63) is 47.3 Å². The third kappa shape index (κ3) is 3.30. The van der Waals surface area contributed by atoms with Gasteiger partial charge in [0.25, 0.3) is 5.91 Å². The molecule has 0 aliphatic carbocycles. The van der Waals surface area contributed by atoms with Crippen LogP contribution in [-0.2, 0) is 16.4 Å². The van der Waals surface area contributed by atoms with Crippen molar-refractivity contribution in [2.75, 3.05) is 11.4 Å². The van der Waals surface area contributed by atoms with Gasteiger partial charge in [0.05, 0.1) is 28.1 Å². The lowest BCUT2D eigenvalue weighted by molar-refractivity contribution is 0.0990. The zero-order valence-corrected chi connectivity index (χ0v) is 17.4. The molecule has 9 heteroatoms. The summed E-state index contributed by atoms with van der Waals surface area (Å²) in [4.78, 5) is 19.7. The third-order valence-corrected chi connectivity index (χ3v) is 6.37. The summed E-state index contributed by atoms with van der Waals surface area (Å²) in [5.41, 5.74) is 3.42. The number of nitrogens with zero attached hydrogens (tertiary/aromatic N) is 4. The summed E-state index contributed by atoms with van der Waals surface area (Å²) in [7, 11) is -3.85. The van der Waals surface area contributed by atoms with E-state index in [1.165, 1.54) is 12.1 Å². The molecule has 0 radical (unpaired) electrons. The largest absolute Gasteiger partial charge is 0.308 e. The molecule has 1 aliphatic heterocycles. The number of carbonyl (C=O) groups excluding carboxylic acids is 1. The van der Waals surface area contributed by atoms with Gasteiger partial charge in [0.15, 0.2) is 5.65 Å². The van der Waals surface area contributed by atoms with Crippen molar-refractivity contribution in [1.82, 2.24) is 14.8 Å². The lowest BCUT2D eigenvalue weighted by Crippen LogP contribution is -2.29. The third-order valence-electron chi connectivity index (χ3n) is 5.46. The van der Waals surface area contributed by atoms with E-state index in [1.807, 2.05) is 11.6 Å². The minimum absolute atomic E-state index is 0.00315. The van der Waals surface area contributed by atoms with E-state index in [0.29, 0.717) is 35.2 Å². The minimum Gasteiger partial charge on any atom is -0.308 e. The van der Waals surface area contributed by atoms with E-state index in [9.17, 15) is 13.2 Å². The van der Waals surface area contributed by atoms with Gasteiger partial charge in [0.2, 0.25) is 10.0 Å². The zero-order chi connectivity index (χ0) is 20.9. The number of benzene rings is 1. The van der Waals surface area contributed by atoms with Crippen LogP contribution in [0.4, 0.5) is 5.69 Å². The fourth-order valence-electron chi connectivity index (χ4n) is 3.71. The van der Waals surface area contributed by atoms with Crippen molar-refractivity contribution in [3.8, 4) is 0 Å². The Labute approximate surface area is 169 Å². The first kappa shape index (κ1) is 19.5. The van der Waals surface area contributed by atoms with Crippen LogP contribution in [-0.4, -0.2) is 35.6 Å². The SMILES string of the molecule is CCC(C)n1ncc2c(C(=O)N3CCc4ccc(S(N)(=O)=O)cc43)cc(C)nc21. The van der Waals surface area contributed by atoms with Crippen molar-refractivity contribution in [2.45, 2.75) is 44.6 Å². The van der Waals surface area contributed by atoms with Crippen LogP contribution >= 0.6 is 0 Å². The number of pyridine rings is 1. The standard InChI is InChI=1S/C20H23N5O3S/c1-4-13(3)25-19-17(11-22-25)16(9-12(2)23-19)20(26)24-8-7-14-5-6-15(10-18(14)24)29(21,27)28/h5-6,9-11,13H,4,7-8H2,1-3H3,(H2,21,27,28). The maximum absolute atomic E-state index is 13.5. The van der Waals surface area contributed by atoms with E-state index in [2.05, 4.69) is 23.9 Å². The monoisotopic (exact) mass is 413 g/mol. The normalized spacial score (nSPS) is 15.0. The Morgan fingerprint density at radius 2 is 2.07 bits per heavy atom. The first-order valence-electron chi connectivity index (χ1n) is 9.53. The van der Waals surface area contributed by atoms with Gasteiger partial charge in [-0.2, -0.15) is 5.10 Å². The van der Waals surface area contributed by atoms with Gasteiger partial charge in [0.1, 0.15) is 0 Å². The lowest BCUT2D eigenvalue weighted by atomic mass is 10.1. The van der Waals surface area contributed by atoms with Crippen molar-refractivity contribution in [3.63, 3.8) is 0 Å². The number of anilines is 1. The molecule has 1 atom stereocenters. The number of hydrogen-bond acceptors (Lipinski definition) is 5. The first-order valence-corrected chi connectivity index (χ1v) is 11.1. The number of rotatable bonds is 4. The lowest BCUT2D eigenvalue weighted by Gasteiger charge is -2.19. The van der Waals surface area contributed by atoms with E-state index in [0.717, 1.165) is 17.7 Å². The minimum atomic E-state index is -3.85. The van der Waals surface area contributed by atoms with Crippen LogP contribution in [0, 0.1) is 6.92 Å². The summed E-state index contributed by atoms with van der Waals surface area (Å²) in [5.74, 6) is -0.200. The first-order chi connectivity index (χ1) is 13.7. The van der Waals surface area contributed by atoms with E-state index >= 15 is 0 Å². The van der Waals surface area contributed by atoms with Crippen molar-refractivity contribution < 1.29 is 13.2 Å². The van der Waals surface area contributed by atoms with E-state index < -0.39 is 10.0 Å². The highest BCUT2D eigenvalue weighted by Crippen LogP contribution is 2.33. The Morgan fingerprint density at radius 3 is 2.76 bits per heavy atom. The predicted molar refractivity (Wildman–Crippen MR) is 110 cm³/mol. The number of fused-ring (bicyclic) bond motifs is 2. The number of sulfonamides is 1. The van der Waals surface area contributed by atoms with Crippen LogP contribution in [0.1, 0.15) is 47.9 Å². The molecule has 2 aromatic heterocycles. The second kappa shape index (κ2) is 6.93. The van der Waals surface area contributed by atoms with Gasteiger partial charge in [-0.3, -0.25) is 4.79 Å². The summed E-state index contributed by atoms with van der Waals surface area (Å²) in [5, 5.41) is 10.4. The molecule has 0 spiro atoms. The summed E-state index contributed by atoms with van der Waals surface area (Å²) in [6.45, 7) is 6.46. The molecule has 3 heterocycles. The number of primary sulfonamides is 1. The fraction of sp³-hybridized carbons (Fsp3) is 0.350. The van der Waals surface area contributed by atoms with Gasteiger partial charge in [-0.1, -0.05) is 13.0 Å². The molecule has 2 N–H and O–H groups in total. The van der Waals surface area contributed by atoms with Gasteiger partial charge in [-0.25, -0.2) is 23.2 Å². The summed E-state index contributed by atoms with van der Waals surface area (Å²) >= 11 is 0. The quantitative estimate of drug-likeness (QED) is 0.707. The van der Waals surface area contributed by atoms with Crippen molar-refractivity contribution >= 4 is 32.7 Å². The second-order valence-corrected chi connectivity index (χ2v) is 9.00. The van der Waals surface area contributed by atoms with Gasteiger partial charge in [-0.05, 0) is 50.5 Å². The van der Waals surface area contributed by atoms with Gasteiger partial charge >= 0.3 is 0 Å². The van der Waals surface area contributed by atoms with Crippen LogP contribution in [0.2, 0.25) is 0 Å². The van der Waals surface area contributed by atoms with E-state index in [1.54, 1.807) is 23.2 Å². The second-order valence-electron chi connectivity index (χ2n) is 7.44. The molecule has 0 saturated carbocycles. The molecule has 3 aromatic rings. The Morgan fingerprint density at radius 1 is 1.31 bits per heavy atom. The van der Waals surface area contributed by atoms with Crippen molar-refractivity contribution in [1.29, 1.82) is 0 Å². The van der Waals surface area contributed by atoms with Crippen molar-refractivity contribution in [2.24, 2.45) is 5.14 Å². The highest BCUT2D eigenvalue weighted by molar-refractivity contribution is 7.89. The fourth-order valence-corrected chi connectivity index (χ4v) is 4.24. The van der Waals surface area contributed by atoms with Gasteiger partial charge in [-0.15, -0.1) is 0 Å². The number of hydrogen-bond donors (Lipinski definition) is 1. The Bertz CT molecular complexity index is 1230. The number of amides is 1. The van der Waals surface area contributed by atoms with E-state index in [4.69, 9.17) is 5.14 Å². The van der Waals surface area contributed by atoms with Crippen LogP contribution in [0.5, 0.6) is 0 Å². The van der Waals surface area contributed by atoms with Gasteiger partial charge in [0, 0.05) is 17.9 Å². The van der Waals surface area contributed by atoms with Crippen LogP contribution in [0.15, 0.2) is 35.4 Å². The molecule has 0 saturated heterocycles. The summed E-state index contributed by atoms with van der Waals surface area (Å²) in [6, 6.07) is 6.59. The molecule has 1 aromatic carbocycles. The molecule has 8 nitrogen and oxygen atoms in total. The molecule has 29 heavy (non-hydrogen) atoms. The molecule has 1 aliphatic rings. The van der Waals surface area contributed by atoms with Crippen LogP contribution in [0.25, 0.3) is 11.0 Å². The number of aromatic nitrogens is 3. The number of nitrogens with two attached hydrogens (primary N) is 1. The average Bonchev–Trinajstić information content (AvgIpc) is 3.29. The molecule has 0 fully saturated rings. The highest BCUT2D eigenvalue weighted by Gasteiger charge is 2.29. The van der Waals surface area contributed by atoms with Crippen LogP contribution in [0.3, 0.4) is 0 Å². The number of aryl methyl sites for hydroxylation is 1. The molecular formula is C20H23N5O3S. The number of carbonyl (C=O) groups is 1. The average molecular weight is 414 g/mol. The predicted octanol–water partition coefficient (Wildman–Crippen LogP) is 2.56. The molecule has 4 rings (SSSR count). The Hall–Kier alpha value is -2.78. The van der Waals surface area contributed by atoms with Crippen LogP contribution < -0.4 is 10.0 Å². The summed E-state index contributed by atoms with van der Waals surface area (Å²) in [6.07, 6.45) is 3.23. The highest BCUT2D eigenvalue weighted by atomic mass is 32.2. The molecular weight excluding hydrogens is 390 g/mol.